The van der Waals surface area contributed by atoms with E-state index in [0.717, 1.165) is 5.69 Å². The first-order valence-electron chi connectivity index (χ1n) is 10.9. The van der Waals surface area contributed by atoms with Gasteiger partial charge < -0.3 is 20.0 Å². The number of likely N-dealkylation sites (tertiary alicyclic amines) is 1. The van der Waals surface area contributed by atoms with Gasteiger partial charge in [-0.25, -0.2) is 0 Å². The van der Waals surface area contributed by atoms with Gasteiger partial charge in [-0.1, -0.05) is 29.8 Å². The topological polar surface area (TPSA) is 73.0 Å². The number of para-hydroxylation sites is 1. The maximum Gasteiger partial charge on any atom is 0.253 e. The molecule has 0 saturated carbocycles. The lowest BCUT2D eigenvalue weighted by atomic mass is 9.85. The number of anilines is 1. The quantitative estimate of drug-likeness (QED) is 0.754. The minimum atomic E-state index is -0.759. The average molecular weight is 455 g/mol. The fraction of sp³-hybridized carbons (Fsp3) is 0.375. The highest BCUT2D eigenvalue weighted by Gasteiger charge is 2.54. The largest absolute Gasteiger partial charge is 0.355 e. The van der Waals surface area contributed by atoms with Crippen LogP contribution >= 0.6 is 11.6 Å². The zero-order valence-electron chi connectivity index (χ0n) is 18.1. The summed E-state index contributed by atoms with van der Waals surface area (Å²) in [5.41, 5.74) is 0.766. The summed E-state index contributed by atoms with van der Waals surface area (Å²) in [7, 11) is 0. The number of hydrogen-bond donors (Lipinski definition) is 1. The highest BCUT2D eigenvalue weighted by atomic mass is 35.5. The lowest BCUT2D eigenvalue weighted by Gasteiger charge is -2.43. The van der Waals surface area contributed by atoms with Gasteiger partial charge >= 0.3 is 0 Å². The molecule has 168 valence electrons. The summed E-state index contributed by atoms with van der Waals surface area (Å²) in [5, 5.41) is 3.35. The van der Waals surface area contributed by atoms with Gasteiger partial charge in [-0.3, -0.25) is 14.4 Å². The van der Waals surface area contributed by atoms with E-state index in [1.807, 2.05) is 37.3 Å². The van der Waals surface area contributed by atoms with E-state index in [1.54, 1.807) is 34.1 Å². The van der Waals surface area contributed by atoms with E-state index < -0.39 is 5.54 Å². The summed E-state index contributed by atoms with van der Waals surface area (Å²) >= 11 is 5.94. The lowest BCUT2D eigenvalue weighted by molar-refractivity contribution is -0.137. The van der Waals surface area contributed by atoms with Crippen molar-refractivity contribution >= 4 is 35.0 Å². The van der Waals surface area contributed by atoms with Crippen molar-refractivity contribution in [1.29, 1.82) is 0 Å². The summed E-state index contributed by atoms with van der Waals surface area (Å²) in [4.78, 5) is 44.2. The molecule has 2 aliphatic rings. The number of carbonyl (C=O) groups is 3. The van der Waals surface area contributed by atoms with Crippen LogP contribution in [0.2, 0.25) is 5.02 Å². The van der Waals surface area contributed by atoms with Crippen LogP contribution in [0.4, 0.5) is 5.69 Å². The Morgan fingerprint density at radius 2 is 1.69 bits per heavy atom. The van der Waals surface area contributed by atoms with Gasteiger partial charge in [0.2, 0.25) is 5.91 Å². The molecule has 2 aromatic carbocycles. The number of carbonyl (C=O) groups excluding carboxylic acids is 3. The molecule has 0 radical (unpaired) electrons. The maximum absolute atomic E-state index is 13.6. The summed E-state index contributed by atoms with van der Waals surface area (Å²) in [6, 6.07) is 16.6. The predicted octanol–water partition coefficient (Wildman–Crippen LogP) is 2.76. The van der Waals surface area contributed by atoms with Crippen molar-refractivity contribution in [2.45, 2.75) is 25.3 Å². The molecule has 3 amide bonds. The van der Waals surface area contributed by atoms with Crippen molar-refractivity contribution in [2.24, 2.45) is 0 Å². The molecule has 2 aliphatic heterocycles. The second-order valence-corrected chi connectivity index (χ2v) is 8.63. The van der Waals surface area contributed by atoms with Crippen LogP contribution in [0.1, 0.15) is 30.1 Å². The monoisotopic (exact) mass is 454 g/mol. The minimum Gasteiger partial charge on any atom is -0.355 e. The van der Waals surface area contributed by atoms with E-state index in [2.05, 4.69) is 10.2 Å². The zero-order valence-corrected chi connectivity index (χ0v) is 18.8. The Labute approximate surface area is 192 Å². The molecule has 0 bridgehead atoms. The Hall–Kier alpha value is -3.06. The van der Waals surface area contributed by atoms with Crippen molar-refractivity contribution in [2.75, 3.05) is 37.7 Å². The number of amides is 3. The molecule has 1 N–H and O–H groups in total. The van der Waals surface area contributed by atoms with Crippen LogP contribution < -0.4 is 10.2 Å². The molecule has 2 aromatic rings. The molecule has 2 saturated heterocycles. The maximum atomic E-state index is 13.6. The molecule has 0 unspecified atom stereocenters. The number of hydrogen-bond acceptors (Lipinski definition) is 4. The first-order valence-corrected chi connectivity index (χ1v) is 11.3. The average Bonchev–Trinajstić information content (AvgIpc) is 3.06. The summed E-state index contributed by atoms with van der Waals surface area (Å²) in [6.07, 6.45) is 1.01. The van der Waals surface area contributed by atoms with Crippen LogP contribution in [-0.4, -0.2) is 65.9 Å². The van der Waals surface area contributed by atoms with Gasteiger partial charge in [0.1, 0.15) is 12.1 Å². The number of nitrogens with one attached hydrogen (secondary N) is 1. The molecule has 8 heteroatoms. The Morgan fingerprint density at radius 3 is 2.31 bits per heavy atom. The first-order chi connectivity index (χ1) is 15.4. The SMILES string of the molecule is CCNC(=O)CN1CN(c2ccccc2)C2(CCN(C(=O)c3ccc(Cl)cc3)CC2)C1=O. The van der Waals surface area contributed by atoms with Gasteiger partial charge in [-0.2, -0.15) is 0 Å². The van der Waals surface area contributed by atoms with Gasteiger partial charge in [-0.15, -0.1) is 0 Å². The molecule has 7 nitrogen and oxygen atoms in total. The van der Waals surface area contributed by atoms with Gasteiger partial charge in [0.15, 0.2) is 0 Å². The van der Waals surface area contributed by atoms with Gasteiger partial charge in [-0.05, 0) is 56.2 Å². The van der Waals surface area contributed by atoms with E-state index in [0.29, 0.717) is 49.7 Å². The van der Waals surface area contributed by atoms with E-state index in [1.165, 1.54) is 0 Å². The standard InChI is InChI=1S/C24H27ClN4O3/c1-2-26-21(30)16-28-17-29(20-6-4-3-5-7-20)24(23(28)32)12-14-27(15-13-24)22(31)18-8-10-19(25)11-9-18/h3-11H,2,12-17H2,1H3,(H,26,30). The number of piperidine rings is 1. The third-order valence-corrected chi connectivity index (χ3v) is 6.51. The number of halogens is 1. The smallest absolute Gasteiger partial charge is 0.253 e. The third-order valence-electron chi connectivity index (χ3n) is 6.26. The Morgan fingerprint density at radius 1 is 1.03 bits per heavy atom. The third kappa shape index (κ3) is 4.17. The molecule has 0 atom stereocenters. The van der Waals surface area contributed by atoms with Crippen LogP contribution in [0.15, 0.2) is 54.6 Å². The van der Waals surface area contributed by atoms with E-state index >= 15 is 0 Å². The molecule has 32 heavy (non-hydrogen) atoms. The second-order valence-electron chi connectivity index (χ2n) is 8.19. The second kappa shape index (κ2) is 9.20. The summed E-state index contributed by atoms with van der Waals surface area (Å²) in [6.45, 7) is 3.69. The van der Waals surface area contributed by atoms with E-state index in [9.17, 15) is 14.4 Å². The molecule has 2 heterocycles. The lowest BCUT2D eigenvalue weighted by Crippen LogP contribution is -2.57. The normalized spacial score (nSPS) is 17.7. The van der Waals surface area contributed by atoms with Crippen LogP contribution in [0.3, 0.4) is 0 Å². The van der Waals surface area contributed by atoms with Gasteiger partial charge in [0.25, 0.3) is 11.8 Å². The van der Waals surface area contributed by atoms with Crippen molar-refractivity contribution in [3.8, 4) is 0 Å². The number of likely N-dealkylation sites (N-methyl/N-ethyl adjacent to an activating group) is 1. The number of rotatable bonds is 5. The van der Waals surface area contributed by atoms with Crippen LogP contribution in [0.5, 0.6) is 0 Å². The minimum absolute atomic E-state index is 0.0329. The molecular formula is C24H27ClN4O3. The zero-order chi connectivity index (χ0) is 22.7. The van der Waals surface area contributed by atoms with Crippen molar-refractivity contribution < 1.29 is 14.4 Å². The number of benzene rings is 2. The summed E-state index contributed by atoms with van der Waals surface area (Å²) < 4.78 is 0. The highest BCUT2D eigenvalue weighted by Crippen LogP contribution is 2.39. The molecule has 1 spiro atoms. The Balaban J connectivity index is 1.55. The van der Waals surface area contributed by atoms with E-state index in [-0.39, 0.29) is 24.3 Å². The first kappa shape index (κ1) is 22.1. The predicted molar refractivity (Wildman–Crippen MR) is 124 cm³/mol. The molecule has 0 aliphatic carbocycles. The molecule has 4 rings (SSSR count). The van der Waals surface area contributed by atoms with Crippen molar-refractivity contribution in [3.63, 3.8) is 0 Å². The fourth-order valence-electron chi connectivity index (χ4n) is 4.60. The van der Waals surface area contributed by atoms with Crippen molar-refractivity contribution in [1.82, 2.24) is 15.1 Å². The van der Waals surface area contributed by atoms with Crippen LogP contribution in [0, 0.1) is 0 Å². The highest BCUT2D eigenvalue weighted by molar-refractivity contribution is 6.30. The summed E-state index contributed by atoms with van der Waals surface area (Å²) in [5.74, 6) is -0.278. The van der Waals surface area contributed by atoms with Gasteiger partial charge in [0.05, 0.1) is 6.67 Å². The molecule has 2 fully saturated rings. The van der Waals surface area contributed by atoms with Gasteiger partial charge in [0, 0.05) is 35.9 Å². The molecular weight excluding hydrogens is 428 g/mol. The van der Waals surface area contributed by atoms with Crippen LogP contribution in [0.25, 0.3) is 0 Å². The Kier molecular flexibility index (Phi) is 6.37. The fourth-order valence-corrected chi connectivity index (χ4v) is 4.73. The van der Waals surface area contributed by atoms with Crippen molar-refractivity contribution in [3.05, 3.63) is 65.2 Å². The number of nitrogens with zero attached hydrogens (tertiary/aromatic N) is 3. The van der Waals surface area contributed by atoms with Crippen LogP contribution in [-0.2, 0) is 9.59 Å². The van der Waals surface area contributed by atoms with E-state index in [4.69, 9.17) is 11.6 Å². The Bertz CT molecular complexity index is 988. The molecule has 0 aromatic heterocycles.